The van der Waals surface area contributed by atoms with Gasteiger partial charge >= 0.3 is 88.7 Å². The number of hydrogen-bond donors (Lipinski definition) is 2. The molecule has 19 heteroatoms. The Morgan fingerprint density at radius 1 is 0.630 bits per heavy atom. The van der Waals surface area contributed by atoms with Gasteiger partial charge in [-0.1, -0.05) is 29.8 Å². The maximum atomic E-state index is 12.2. The van der Waals surface area contributed by atoms with Gasteiger partial charge in [0.1, 0.15) is 36.1 Å². The fourth-order valence-corrected chi connectivity index (χ4v) is 6.39. The molecule has 0 amide bonds. The first-order chi connectivity index (χ1) is 20.0. The van der Waals surface area contributed by atoms with E-state index in [1.807, 2.05) is 19.1 Å². The zero-order valence-corrected chi connectivity index (χ0v) is 33.2. The monoisotopic (exact) mass is 709 g/mol. The molecule has 0 saturated heterocycles. The number of fused-ring (bicyclic) bond motifs is 2. The van der Waals surface area contributed by atoms with Crippen molar-refractivity contribution in [2.45, 2.75) is 21.6 Å². The van der Waals surface area contributed by atoms with E-state index < -0.39 is 67.3 Å². The number of hydrogen-bond acceptors (Lipinski definition) is 13. The molecule has 0 aliphatic heterocycles. The topological polar surface area (TPSA) is 229 Å². The van der Waals surface area contributed by atoms with Crippen molar-refractivity contribution >= 4 is 74.6 Å². The molecule has 0 atom stereocenters. The number of aromatic hydroxyl groups is 1. The van der Waals surface area contributed by atoms with Crippen LogP contribution in [0.5, 0.6) is 5.75 Å². The minimum Gasteiger partial charge on any atom is -0.744 e. The van der Waals surface area contributed by atoms with E-state index in [1.54, 1.807) is 12.1 Å². The number of nitrogens with one attached hydrogen (secondary N) is 1. The standard InChI is InChI=1S/C27H21N3O10S3.3Na/c1-15-5-7-16(8-6-15)28-21-10-9-20(18-3-2-4-25(27(18)21)43(38,39)40)29-30-22-14-17(41(32,33)34)13-19-24(42(35,36)37)12-11-23(31)26(19)22;;;/h2-14,28,31H,1H3,(H,32,33,34)(H,35,36,37)(H,38,39,40);;;/q;3*+1/p-3. The van der Waals surface area contributed by atoms with Gasteiger partial charge in [0.05, 0.1) is 31.4 Å². The molecule has 0 unspecified atom stereocenters. The van der Waals surface area contributed by atoms with Crippen molar-refractivity contribution in [3.05, 3.63) is 84.4 Å². The Labute approximate surface area is 330 Å². The normalized spacial score (nSPS) is 11.9. The van der Waals surface area contributed by atoms with Gasteiger partial charge in [-0.3, -0.25) is 0 Å². The Morgan fingerprint density at radius 2 is 1.24 bits per heavy atom. The first kappa shape index (κ1) is 40.7. The van der Waals surface area contributed by atoms with Crippen molar-refractivity contribution in [2.75, 3.05) is 5.32 Å². The van der Waals surface area contributed by atoms with Gasteiger partial charge in [0, 0.05) is 27.5 Å². The summed E-state index contributed by atoms with van der Waals surface area (Å²) in [7, 11) is -15.4. The molecule has 222 valence electrons. The third-order valence-corrected chi connectivity index (χ3v) is 8.99. The Hall–Kier alpha value is -1.45. The second-order valence-corrected chi connectivity index (χ2v) is 13.4. The van der Waals surface area contributed by atoms with Gasteiger partial charge in [0.15, 0.2) is 0 Å². The number of phenolic OH excluding ortho intramolecular Hbond substituents is 1. The number of anilines is 2. The van der Waals surface area contributed by atoms with E-state index >= 15 is 0 Å². The number of phenols is 1. The van der Waals surface area contributed by atoms with Gasteiger partial charge in [-0.2, -0.15) is 0 Å². The molecular weight excluding hydrogens is 691 g/mol. The predicted octanol–water partition coefficient (Wildman–Crippen LogP) is -4.11. The SMILES string of the molecule is Cc1ccc(Nc2ccc(N=Nc3cc(S(=O)(=O)[O-])cc4c(S(=O)(=O)[O-])ccc(O)c34)c3cccc(S(=O)(=O)[O-])c23)cc1.[Na+].[Na+].[Na+]. The smallest absolute Gasteiger partial charge is 0.744 e. The third kappa shape index (κ3) is 8.76. The van der Waals surface area contributed by atoms with Crippen molar-refractivity contribution in [2.24, 2.45) is 10.2 Å². The average Bonchev–Trinajstić information content (AvgIpc) is 2.91. The van der Waals surface area contributed by atoms with E-state index in [1.165, 1.54) is 24.3 Å². The second-order valence-electron chi connectivity index (χ2n) is 9.31. The minimum absolute atomic E-state index is 0. The predicted molar refractivity (Wildman–Crippen MR) is 152 cm³/mol. The molecule has 0 aliphatic carbocycles. The molecule has 0 aliphatic rings. The minimum atomic E-state index is -5.21. The van der Waals surface area contributed by atoms with E-state index in [0.717, 1.165) is 29.8 Å². The van der Waals surface area contributed by atoms with Crippen LogP contribution < -0.4 is 94.0 Å². The van der Waals surface area contributed by atoms with Gasteiger partial charge in [0.25, 0.3) is 0 Å². The first-order valence-electron chi connectivity index (χ1n) is 12.0. The Bertz CT molecular complexity index is 2320. The van der Waals surface area contributed by atoms with Crippen LogP contribution in [0.15, 0.2) is 104 Å². The van der Waals surface area contributed by atoms with Crippen LogP contribution in [-0.2, 0) is 30.4 Å². The molecule has 0 radical (unpaired) electrons. The van der Waals surface area contributed by atoms with E-state index in [0.29, 0.717) is 11.8 Å². The summed E-state index contributed by atoms with van der Waals surface area (Å²) in [5, 5.41) is 20.7. The molecule has 0 fully saturated rings. The van der Waals surface area contributed by atoms with Crippen LogP contribution in [-0.4, -0.2) is 44.0 Å². The number of azo groups is 1. The van der Waals surface area contributed by atoms with Crippen molar-refractivity contribution in [3.63, 3.8) is 0 Å². The van der Waals surface area contributed by atoms with Gasteiger partial charge < -0.3 is 24.1 Å². The fraction of sp³-hybridized carbons (Fsp3) is 0.0370. The summed E-state index contributed by atoms with van der Waals surface area (Å²) >= 11 is 0. The molecule has 5 aromatic rings. The summed E-state index contributed by atoms with van der Waals surface area (Å²) in [6.45, 7) is 1.88. The fourth-order valence-electron chi connectivity index (χ4n) is 4.49. The number of rotatable bonds is 7. The number of aryl methyl sites for hydroxylation is 1. The molecule has 46 heavy (non-hydrogen) atoms. The molecular formula is C27H18N3Na3O10S3. The van der Waals surface area contributed by atoms with Gasteiger partial charge in [-0.05, 0) is 61.5 Å². The first-order valence-corrected chi connectivity index (χ1v) is 16.2. The molecule has 5 rings (SSSR count). The molecule has 0 bridgehead atoms. The Kier molecular flexibility index (Phi) is 13.6. The van der Waals surface area contributed by atoms with E-state index in [4.69, 9.17) is 0 Å². The van der Waals surface area contributed by atoms with Crippen LogP contribution in [0.4, 0.5) is 22.7 Å². The van der Waals surface area contributed by atoms with Crippen LogP contribution in [0.3, 0.4) is 0 Å². The second kappa shape index (κ2) is 15.4. The number of nitrogens with zero attached hydrogens (tertiary/aromatic N) is 2. The summed E-state index contributed by atoms with van der Waals surface area (Å²) in [6.07, 6.45) is 0. The molecule has 5 aromatic carbocycles. The van der Waals surface area contributed by atoms with Crippen LogP contribution >= 0.6 is 0 Å². The van der Waals surface area contributed by atoms with Crippen molar-refractivity contribution in [1.82, 2.24) is 0 Å². The van der Waals surface area contributed by atoms with Crippen molar-refractivity contribution < 1.29 is 133 Å². The largest absolute Gasteiger partial charge is 1.00 e. The Balaban J connectivity index is 0.00000245. The van der Waals surface area contributed by atoms with Crippen LogP contribution in [0, 0.1) is 6.92 Å². The van der Waals surface area contributed by atoms with E-state index in [-0.39, 0.29) is 111 Å². The molecule has 13 nitrogen and oxygen atoms in total. The Morgan fingerprint density at radius 3 is 1.83 bits per heavy atom. The summed E-state index contributed by atoms with van der Waals surface area (Å²) < 4.78 is 108. The van der Waals surface area contributed by atoms with Crippen molar-refractivity contribution in [1.29, 1.82) is 0 Å². The molecule has 0 spiro atoms. The average molecular weight is 710 g/mol. The van der Waals surface area contributed by atoms with Crippen LogP contribution in [0.1, 0.15) is 5.56 Å². The third-order valence-electron chi connectivity index (χ3n) is 6.41. The van der Waals surface area contributed by atoms with Crippen LogP contribution in [0.25, 0.3) is 21.5 Å². The summed E-state index contributed by atoms with van der Waals surface area (Å²) in [4.78, 5) is -2.43. The number of benzene rings is 5. The maximum Gasteiger partial charge on any atom is 1.00 e. The zero-order valence-electron chi connectivity index (χ0n) is 24.7. The quantitative estimate of drug-likeness (QED) is 0.0938. The van der Waals surface area contributed by atoms with Crippen LogP contribution in [0.2, 0.25) is 0 Å². The molecule has 0 aromatic heterocycles. The molecule has 0 saturated carbocycles. The van der Waals surface area contributed by atoms with E-state index in [2.05, 4.69) is 15.5 Å². The van der Waals surface area contributed by atoms with Gasteiger partial charge in [0.2, 0.25) is 0 Å². The van der Waals surface area contributed by atoms with E-state index in [9.17, 15) is 44.0 Å². The summed E-state index contributed by atoms with van der Waals surface area (Å²) in [6, 6.07) is 16.8. The molecule has 0 heterocycles. The summed E-state index contributed by atoms with van der Waals surface area (Å²) in [5.74, 6) is -0.603. The maximum absolute atomic E-state index is 12.2. The van der Waals surface area contributed by atoms with Gasteiger partial charge in [-0.15, -0.1) is 10.2 Å². The van der Waals surface area contributed by atoms with Crippen molar-refractivity contribution in [3.8, 4) is 5.75 Å². The molecule has 2 N–H and O–H groups in total. The summed E-state index contributed by atoms with van der Waals surface area (Å²) in [5.41, 5.74) is 1.28. The van der Waals surface area contributed by atoms with Gasteiger partial charge in [-0.25, -0.2) is 25.3 Å². The zero-order chi connectivity index (χ0) is 31.3.